The molecule has 1 aromatic rings. The predicted molar refractivity (Wildman–Crippen MR) is 85.6 cm³/mol. The minimum atomic E-state index is -4.64. The van der Waals surface area contributed by atoms with E-state index in [1.54, 1.807) is 13.8 Å². The number of hydrogen-bond donors (Lipinski definition) is 1. The Morgan fingerprint density at radius 3 is 2.36 bits per heavy atom. The first-order chi connectivity index (χ1) is 11.7. The molecule has 1 unspecified atom stereocenters. The van der Waals surface area contributed by atoms with Crippen molar-refractivity contribution in [3.8, 4) is 5.75 Å². The second-order valence-electron chi connectivity index (χ2n) is 6.64. The number of carboxylic acid groups (broad SMARTS) is 1. The molecule has 1 atom stereocenters. The highest BCUT2D eigenvalue weighted by atomic mass is 19.4. The number of hydrogen-bond acceptors (Lipinski definition) is 3. The minimum Gasteiger partial charge on any atom is -0.478 e. The summed E-state index contributed by atoms with van der Waals surface area (Å²) in [4.78, 5) is 11.1. The summed E-state index contributed by atoms with van der Waals surface area (Å²) in [5.74, 6) is -2.01. The van der Waals surface area contributed by atoms with Crippen LogP contribution in [0.1, 0.15) is 61.9 Å². The number of halogens is 3. The van der Waals surface area contributed by atoms with Gasteiger partial charge in [-0.15, -0.1) is 0 Å². The highest BCUT2D eigenvalue weighted by Crippen LogP contribution is 2.38. The predicted octanol–water partition coefficient (Wildman–Crippen LogP) is 5.11. The van der Waals surface area contributed by atoms with Gasteiger partial charge in [0.1, 0.15) is 5.75 Å². The molecule has 0 radical (unpaired) electrons. The first-order valence-corrected chi connectivity index (χ1v) is 8.45. The Balaban J connectivity index is 2.26. The number of alkyl halides is 3. The van der Waals surface area contributed by atoms with Crippen molar-refractivity contribution in [1.82, 2.24) is 0 Å². The van der Waals surface area contributed by atoms with E-state index >= 15 is 0 Å². The molecule has 2 rings (SSSR count). The molecule has 140 valence electrons. The third-order valence-corrected chi connectivity index (χ3v) is 4.20. The van der Waals surface area contributed by atoms with Crippen LogP contribution < -0.4 is 4.74 Å². The molecule has 0 bridgehead atoms. The molecule has 25 heavy (non-hydrogen) atoms. The lowest BCUT2D eigenvalue weighted by Gasteiger charge is -2.30. The number of carboxylic acids is 1. The summed E-state index contributed by atoms with van der Waals surface area (Å²) in [6.45, 7) is 3.59. The normalized spacial score (nSPS) is 17.5. The topological polar surface area (TPSA) is 55.8 Å². The van der Waals surface area contributed by atoms with Crippen molar-refractivity contribution in [3.63, 3.8) is 0 Å². The van der Waals surface area contributed by atoms with E-state index < -0.39 is 29.7 Å². The summed E-state index contributed by atoms with van der Waals surface area (Å²) in [7, 11) is 0. The zero-order valence-electron chi connectivity index (χ0n) is 14.3. The van der Waals surface area contributed by atoms with Gasteiger partial charge in [0, 0.05) is 5.92 Å². The van der Waals surface area contributed by atoms with Crippen LogP contribution in [0.3, 0.4) is 0 Å². The average molecular weight is 360 g/mol. The summed E-state index contributed by atoms with van der Waals surface area (Å²) < 4.78 is 51.1. The van der Waals surface area contributed by atoms with Crippen molar-refractivity contribution in [1.29, 1.82) is 0 Å². The average Bonchev–Trinajstić information content (AvgIpc) is 2.54. The van der Waals surface area contributed by atoms with E-state index in [0.717, 1.165) is 50.3 Å². The van der Waals surface area contributed by atoms with E-state index in [2.05, 4.69) is 0 Å². The molecule has 0 aromatic heterocycles. The van der Waals surface area contributed by atoms with Crippen molar-refractivity contribution in [2.75, 3.05) is 0 Å². The highest BCUT2D eigenvalue weighted by molar-refractivity contribution is 5.88. The molecule has 4 nitrogen and oxygen atoms in total. The molecule has 0 saturated heterocycles. The van der Waals surface area contributed by atoms with Gasteiger partial charge >= 0.3 is 12.1 Å². The van der Waals surface area contributed by atoms with E-state index in [1.807, 2.05) is 0 Å². The van der Waals surface area contributed by atoms with E-state index in [-0.39, 0.29) is 17.6 Å². The Morgan fingerprint density at radius 1 is 1.20 bits per heavy atom. The third kappa shape index (κ3) is 5.36. The molecule has 0 spiro atoms. The largest absolute Gasteiger partial charge is 0.478 e. The van der Waals surface area contributed by atoms with Crippen LogP contribution in [0.15, 0.2) is 18.2 Å². The second-order valence-corrected chi connectivity index (χ2v) is 6.64. The van der Waals surface area contributed by atoms with Gasteiger partial charge in [-0.25, -0.2) is 4.79 Å². The van der Waals surface area contributed by atoms with Gasteiger partial charge in [-0.2, -0.15) is 13.2 Å². The molecule has 1 N–H and O–H groups in total. The molecule has 1 saturated carbocycles. The highest BCUT2D eigenvalue weighted by Gasteiger charge is 2.36. The van der Waals surface area contributed by atoms with E-state index in [0.29, 0.717) is 0 Å². The van der Waals surface area contributed by atoms with Crippen LogP contribution in [-0.2, 0) is 10.9 Å². The molecule has 1 aliphatic carbocycles. The molecule has 0 amide bonds. The zero-order valence-corrected chi connectivity index (χ0v) is 14.3. The van der Waals surface area contributed by atoms with Gasteiger partial charge < -0.3 is 14.6 Å². The lowest BCUT2D eigenvalue weighted by molar-refractivity contribution is -0.160. The van der Waals surface area contributed by atoms with Crippen LogP contribution in [0.2, 0.25) is 0 Å². The first-order valence-electron chi connectivity index (χ1n) is 8.45. The Labute approximate surface area is 144 Å². The Hall–Kier alpha value is -1.76. The zero-order chi connectivity index (χ0) is 18.6. The Bertz CT molecular complexity index is 592. The van der Waals surface area contributed by atoms with E-state index in [9.17, 15) is 18.0 Å². The molecule has 7 heteroatoms. The number of carbonyl (C=O) groups is 1. The monoisotopic (exact) mass is 360 g/mol. The molecule has 1 aromatic carbocycles. The number of ether oxygens (including phenoxy) is 2. The van der Waals surface area contributed by atoms with Gasteiger partial charge in [-0.1, -0.05) is 33.1 Å². The van der Waals surface area contributed by atoms with Crippen molar-refractivity contribution in [2.24, 2.45) is 5.92 Å². The fourth-order valence-electron chi connectivity index (χ4n) is 2.82. The van der Waals surface area contributed by atoms with Gasteiger partial charge in [0.25, 0.3) is 0 Å². The van der Waals surface area contributed by atoms with Crippen molar-refractivity contribution < 1.29 is 32.5 Å². The van der Waals surface area contributed by atoms with Crippen molar-refractivity contribution in [2.45, 2.75) is 64.5 Å². The maximum Gasteiger partial charge on any atom is 0.419 e. The van der Waals surface area contributed by atoms with Gasteiger partial charge in [-0.3, -0.25) is 0 Å². The van der Waals surface area contributed by atoms with Gasteiger partial charge in [-0.05, 0) is 31.0 Å². The summed E-state index contributed by atoms with van der Waals surface area (Å²) >= 11 is 0. The number of rotatable bonds is 6. The Kier molecular flexibility index (Phi) is 6.32. The summed E-state index contributed by atoms with van der Waals surface area (Å²) in [5.41, 5.74) is -1.27. The quantitative estimate of drug-likeness (QED) is 0.716. The van der Waals surface area contributed by atoms with Crippen LogP contribution >= 0.6 is 0 Å². The molecule has 1 aliphatic rings. The van der Waals surface area contributed by atoms with Crippen molar-refractivity contribution in [3.05, 3.63) is 29.3 Å². The Morgan fingerprint density at radius 2 is 1.84 bits per heavy atom. The van der Waals surface area contributed by atoms with Crippen LogP contribution in [-0.4, -0.2) is 23.5 Å². The van der Waals surface area contributed by atoms with Crippen molar-refractivity contribution >= 4 is 5.97 Å². The molecular formula is C18H23F3O4. The fourth-order valence-corrected chi connectivity index (χ4v) is 2.82. The van der Waals surface area contributed by atoms with E-state index in [1.165, 1.54) is 0 Å². The fraction of sp³-hybridized carbons (Fsp3) is 0.611. The van der Waals surface area contributed by atoms with Gasteiger partial charge in [0.15, 0.2) is 0 Å². The minimum absolute atomic E-state index is 0.0434. The van der Waals surface area contributed by atoms with Crippen LogP contribution in [0.4, 0.5) is 13.2 Å². The smallest absolute Gasteiger partial charge is 0.419 e. The summed E-state index contributed by atoms with van der Waals surface area (Å²) in [6.07, 6.45) is -0.659. The standard InChI is InChI=1S/C18H23F3O4/c1-11(2)17(24-13-6-4-3-5-7-13)25-15-10-12(16(22)23)8-9-14(15)18(19,20)21/h8-11,13,17H,3-7H2,1-2H3,(H,22,23). The van der Waals surface area contributed by atoms with Gasteiger partial charge in [0.05, 0.1) is 17.2 Å². The van der Waals surface area contributed by atoms with Crippen LogP contribution in [0, 0.1) is 5.92 Å². The number of aromatic carboxylic acids is 1. The second kappa shape index (κ2) is 8.08. The molecule has 0 aliphatic heterocycles. The SMILES string of the molecule is CC(C)C(Oc1cc(C(=O)O)ccc1C(F)(F)F)OC1CCCCC1. The maximum absolute atomic E-state index is 13.2. The molecule has 1 fully saturated rings. The van der Waals surface area contributed by atoms with Crippen LogP contribution in [0.25, 0.3) is 0 Å². The van der Waals surface area contributed by atoms with Crippen LogP contribution in [0.5, 0.6) is 5.75 Å². The number of benzene rings is 1. The lowest BCUT2D eigenvalue weighted by atomic mass is 9.97. The molecular weight excluding hydrogens is 337 g/mol. The first kappa shape index (κ1) is 19.6. The summed E-state index contributed by atoms with van der Waals surface area (Å²) in [5, 5.41) is 9.04. The van der Waals surface area contributed by atoms with Gasteiger partial charge in [0.2, 0.25) is 6.29 Å². The third-order valence-electron chi connectivity index (χ3n) is 4.20. The maximum atomic E-state index is 13.2. The van der Waals surface area contributed by atoms with E-state index in [4.69, 9.17) is 14.6 Å². The lowest BCUT2D eigenvalue weighted by Crippen LogP contribution is -2.33. The summed E-state index contributed by atoms with van der Waals surface area (Å²) in [6, 6.07) is 2.56. The molecule has 0 heterocycles.